The first-order valence-corrected chi connectivity index (χ1v) is 11.5. The van der Waals surface area contributed by atoms with E-state index in [1.807, 2.05) is 0 Å². The average molecular weight is 372 g/mol. The molecule has 5 rings (SSSR count). The SMILES string of the molecule is Cc1ccc(C2CCC(C3CCCCC3)CC2)cc1C1=Nc2ccccc2C1. The number of nitrogens with zero attached hydrogens (tertiary/aromatic N) is 1. The lowest BCUT2D eigenvalue weighted by molar-refractivity contribution is 0.186. The molecule has 0 N–H and O–H groups in total. The van der Waals surface area contributed by atoms with Crippen molar-refractivity contribution in [2.45, 2.75) is 77.0 Å². The van der Waals surface area contributed by atoms with Gasteiger partial charge in [-0.3, -0.25) is 4.99 Å². The van der Waals surface area contributed by atoms with E-state index in [4.69, 9.17) is 4.99 Å². The minimum Gasteiger partial charge on any atom is -0.252 e. The van der Waals surface area contributed by atoms with Crippen LogP contribution in [0.15, 0.2) is 47.5 Å². The quantitative estimate of drug-likeness (QED) is 0.529. The van der Waals surface area contributed by atoms with Crippen LogP contribution in [-0.2, 0) is 6.42 Å². The van der Waals surface area contributed by atoms with E-state index >= 15 is 0 Å². The summed E-state index contributed by atoms with van der Waals surface area (Å²) in [4.78, 5) is 4.96. The van der Waals surface area contributed by atoms with Gasteiger partial charge in [-0.2, -0.15) is 0 Å². The Hall–Kier alpha value is -1.89. The lowest BCUT2D eigenvalue weighted by atomic mass is 9.70. The second-order valence-electron chi connectivity index (χ2n) is 9.45. The molecule has 0 atom stereocenters. The number of rotatable bonds is 3. The minimum absolute atomic E-state index is 0.753. The zero-order chi connectivity index (χ0) is 18.9. The molecule has 3 aliphatic rings. The van der Waals surface area contributed by atoms with Gasteiger partial charge in [0.15, 0.2) is 0 Å². The highest BCUT2D eigenvalue weighted by atomic mass is 14.8. The smallest absolute Gasteiger partial charge is 0.0669 e. The van der Waals surface area contributed by atoms with E-state index in [0.717, 1.165) is 29.9 Å². The van der Waals surface area contributed by atoms with Crippen LogP contribution in [0.2, 0.25) is 0 Å². The lowest BCUT2D eigenvalue weighted by Crippen LogP contribution is -2.23. The van der Waals surface area contributed by atoms with Gasteiger partial charge in [-0.15, -0.1) is 0 Å². The Morgan fingerprint density at radius 1 is 0.786 bits per heavy atom. The fraction of sp³-hybridized carbons (Fsp3) is 0.519. The largest absolute Gasteiger partial charge is 0.252 e. The molecule has 0 aromatic heterocycles. The van der Waals surface area contributed by atoms with Crippen molar-refractivity contribution in [2.24, 2.45) is 16.8 Å². The molecule has 1 nitrogen and oxygen atoms in total. The van der Waals surface area contributed by atoms with Crippen LogP contribution < -0.4 is 0 Å². The Bertz CT molecular complexity index is 864. The van der Waals surface area contributed by atoms with E-state index in [-0.39, 0.29) is 0 Å². The summed E-state index contributed by atoms with van der Waals surface area (Å²) in [5, 5.41) is 0. The van der Waals surface area contributed by atoms with Crippen LogP contribution in [0.4, 0.5) is 5.69 Å². The monoisotopic (exact) mass is 371 g/mol. The number of benzene rings is 2. The van der Waals surface area contributed by atoms with Crippen LogP contribution >= 0.6 is 0 Å². The number of hydrogen-bond acceptors (Lipinski definition) is 1. The van der Waals surface area contributed by atoms with E-state index in [2.05, 4.69) is 49.4 Å². The maximum absolute atomic E-state index is 4.96. The van der Waals surface area contributed by atoms with E-state index in [1.165, 1.54) is 80.2 Å². The summed E-state index contributed by atoms with van der Waals surface area (Å²) >= 11 is 0. The van der Waals surface area contributed by atoms with Gasteiger partial charge < -0.3 is 0 Å². The molecule has 146 valence electrons. The normalized spacial score (nSPS) is 25.4. The molecule has 2 aromatic carbocycles. The zero-order valence-corrected chi connectivity index (χ0v) is 17.3. The first-order valence-electron chi connectivity index (χ1n) is 11.5. The second kappa shape index (κ2) is 7.85. The van der Waals surface area contributed by atoms with Gasteiger partial charge in [-0.05, 0) is 84.7 Å². The molecule has 1 heteroatoms. The Morgan fingerprint density at radius 3 is 2.32 bits per heavy atom. The first-order chi connectivity index (χ1) is 13.8. The van der Waals surface area contributed by atoms with E-state index in [1.54, 1.807) is 5.56 Å². The molecule has 2 aliphatic carbocycles. The Labute approximate surface area is 170 Å². The number of hydrogen-bond donors (Lipinski definition) is 0. The number of fused-ring (bicyclic) bond motifs is 1. The molecule has 1 aliphatic heterocycles. The van der Waals surface area contributed by atoms with Crippen LogP contribution in [0.1, 0.15) is 86.0 Å². The summed E-state index contributed by atoms with van der Waals surface area (Å²) in [6.07, 6.45) is 14.1. The van der Waals surface area contributed by atoms with Gasteiger partial charge in [-0.25, -0.2) is 0 Å². The van der Waals surface area contributed by atoms with E-state index in [9.17, 15) is 0 Å². The second-order valence-corrected chi connectivity index (χ2v) is 9.45. The van der Waals surface area contributed by atoms with Crippen molar-refractivity contribution in [3.63, 3.8) is 0 Å². The average Bonchev–Trinajstić information content (AvgIpc) is 3.19. The standard InChI is InChI=1S/C27H33N/c1-19-11-12-23(17-25(19)27-18-24-9-5-6-10-26(24)28-27)22-15-13-21(14-16-22)20-7-3-2-4-8-20/h5-6,9-12,17,20-22H,2-4,7-8,13-16,18H2,1H3. The first kappa shape index (κ1) is 18.2. The van der Waals surface area contributed by atoms with Crippen molar-refractivity contribution >= 4 is 11.4 Å². The highest BCUT2D eigenvalue weighted by Crippen LogP contribution is 2.43. The molecule has 2 aromatic rings. The predicted octanol–water partition coefficient (Wildman–Crippen LogP) is 7.53. The molecule has 0 spiro atoms. The van der Waals surface area contributed by atoms with Crippen molar-refractivity contribution < 1.29 is 0 Å². The van der Waals surface area contributed by atoms with Crippen LogP contribution in [0, 0.1) is 18.8 Å². The molecular weight excluding hydrogens is 338 g/mol. The molecule has 0 radical (unpaired) electrons. The maximum atomic E-state index is 4.96. The zero-order valence-electron chi connectivity index (χ0n) is 17.3. The number of aliphatic imine (C=N–C) groups is 1. The summed E-state index contributed by atoms with van der Waals surface area (Å²) in [6.45, 7) is 2.24. The third-order valence-electron chi connectivity index (χ3n) is 7.74. The summed E-state index contributed by atoms with van der Waals surface area (Å²) in [6, 6.07) is 15.8. The van der Waals surface area contributed by atoms with Crippen molar-refractivity contribution in [3.8, 4) is 0 Å². The summed E-state index contributed by atoms with van der Waals surface area (Å²) in [5.74, 6) is 2.80. The maximum Gasteiger partial charge on any atom is 0.0669 e. The van der Waals surface area contributed by atoms with Crippen LogP contribution in [0.5, 0.6) is 0 Å². The highest BCUT2D eigenvalue weighted by molar-refractivity contribution is 6.07. The van der Waals surface area contributed by atoms with Crippen molar-refractivity contribution in [2.75, 3.05) is 0 Å². The predicted molar refractivity (Wildman–Crippen MR) is 119 cm³/mol. The fourth-order valence-electron chi connectivity index (χ4n) is 6.02. The number of aryl methyl sites for hydroxylation is 1. The van der Waals surface area contributed by atoms with Gasteiger partial charge in [0.25, 0.3) is 0 Å². The van der Waals surface area contributed by atoms with Crippen molar-refractivity contribution in [1.29, 1.82) is 0 Å². The molecule has 1 heterocycles. The highest BCUT2D eigenvalue weighted by Gasteiger charge is 2.29. The third-order valence-corrected chi connectivity index (χ3v) is 7.74. The molecule has 0 saturated heterocycles. The van der Waals surface area contributed by atoms with Crippen LogP contribution in [0.3, 0.4) is 0 Å². The van der Waals surface area contributed by atoms with Gasteiger partial charge in [0.1, 0.15) is 0 Å². The van der Waals surface area contributed by atoms with Gasteiger partial charge in [0.2, 0.25) is 0 Å². The molecule has 2 fully saturated rings. The number of para-hydroxylation sites is 1. The van der Waals surface area contributed by atoms with Gasteiger partial charge >= 0.3 is 0 Å². The van der Waals surface area contributed by atoms with Gasteiger partial charge in [0, 0.05) is 6.42 Å². The Kier molecular flexibility index (Phi) is 5.09. The topological polar surface area (TPSA) is 12.4 Å². The molecule has 2 saturated carbocycles. The third kappa shape index (κ3) is 3.56. The molecule has 0 amide bonds. The lowest BCUT2D eigenvalue weighted by Gasteiger charge is -2.36. The van der Waals surface area contributed by atoms with Gasteiger partial charge in [0.05, 0.1) is 11.4 Å². The fourth-order valence-corrected chi connectivity index (χ4v) is 6.02. The molecule has 28 heavy (non-hydrogen) atoms. The van der Waals surface area contributed by atoms with E-state index < -0.39 is 0 Å². The van der Waals surface area contributed by atoms with Crippen LogP contribution in [-0.4, -0.2) is 5.71 Å². The molecular formula is C27H33N. The molecule has 0 unspecified atom stereocenters. The Morgan fingerprint density at radius 2 is 1.54 bits per heavy atom. The molecule has 0 bridgehead atoms. The van der Waals surface area contributed by atoms with Crippen LogP contribution in [0.25, 0.3) is 0 Å². The van der Waals surface area contributed by atoms with Crippen molar-refractivity contribution in [1.82, 2.24) is 0 Å². The van der Waals surface area contributed by atoms with E-state index in [0.29, 0.717) is 0 Å². The summed E-state index contributed by atoms with van der Waals surface area (Å²) in [5.41, 5.74) is 8.10. The van der Waals surface area contributed by atoms with Crippen molar-refractivity contribution in [3.05, 3.63) is 64.7 Å². The Balaban J connectivity index is 1.30. The summed E-state index contributed by atoms with van der Waals surface area (Å²) < 4.78 is 0. The van der Waals surface area contributed by atoms with Gasteiger partial charge in [-0.1, -0.05) is 62.4 Å². The minimum atomic E-state index is 0.753. The summed E-state index contributed by atoms with van der Waals surface area (Å²) in [7, 11) is 0.